The van der Waals surface area contributed by atoms with Gasteiger partial charge in [-0.05, 0) is 135 Å². The number of anilines is 3. The van der Waals surface area contributed by atoms with Gasteiger partial charge in [-0.1, -0.05) is 71.9 Å². The number of likely N-dealkylation sites (N-methyl/N-ethyl adjacent to an activating group) is 1. The number of fused-ring (bicyclic) bond motifs is 6. The first-order valence-corrected chi connectivity index (χ1v) is 46.8. The fourth-order valence-corrected chi connectivity index (χ4v) is 23.1. The number of aliphatic carboxylic acids is 5. The average molecular weight is 1930 g/mol. The van der Waals surface area contributed by atoms with Crippen molar-refractivity contribution in [1.82, 2.24) is 61.9 Å². The van der Waals surface area contributed by atoms with E-state index in [2.05, 4.69) is 79.3 Å². The third-order valence-electron chi connectivity index (χ3n) is 27.1. The number of hydrogen-bond donors (Lipinski definition) is 19. The molecule has 2 aliphatic carbocycles. The Morgan fingerprint density at radius 1 is 0.763 bits per heavy atom. The number of carboxylic acids is 5. The number of methoxy groups -OCH3 is 2. The van der Waals surface area contributed by atoms with Crippen LogP contribution in [0.1, 0.15) is 162 Å². The number of aliphatic hydroxyl groups excluding tert-OH is 1. The lowest BCUT2D eigenvalue weighted by Crippen LogP contribution is -2.82. The lowest BCUT2D eigenvalue weighted by molar-refractivity contribution is -0.204. The number of aromatic amines is 1. The largest absolute Gasteiger partial charge is 0.496 e. The van der Waals surface area contributed by atoms with Crippen LogP contribution in [0, 0.1) is 34.5 Å². The summed E-state index contributed by atoms with van der Waals surface area (Å²) in [5.74, 6) is -22.6. The number of nitrogens with one attached hydrogen (secondary N) is 9. The number of carboxylic acid groups (broad SMARTS) is 5. The molecule has 7 heterocycles. The number of Topliss-reactive ketones (excluding diaryl/α,β-unsaturated/α-hetero) is 3. The minimum atomic E-state index is -2.73. The number of ketones is 3. The zero-order valence-corrected chi connectivity index (χ0v) is 76.6. The normalized spacial score (nSPS) is 24.1. The number of aromatic nitrogens is 4. The molecule has 0 radical (unpaired) electrons. The Morgan fingerprint density at radius 2 is 1.45 bits per heavy atom. The second-order valence-electron chi connectivity index (χ2n) is 35.4. The Labute approximate surface area is 788 Å². The van der Waals surface area contributed by atoms with E-state index in [-0.39, 0.29) is 86.0 Å². The molecular weight excluding hydrogens is 1800 g/mol. The van der Waals surface area contributed by atoms with Crippen LogP contribution in [-0.2, 0) is 90.8 Å². The molecule has 2 aromatic heterocycles. The number of rotatable bonds is 44. The van der Waals surface area contributed by atoms with Crippen molar-refractivity contribution in [2.75, 3.05) is 94.6 Å². The number of benzene rings is 3. The molecule has 2 bridgehead atoms. The number of guanidine groups is 1. The van der Waals surface area contributed by atoms with Crippen LogP contribution in [0.25, 0.3) is 16.7 Å². The zero-order chi connectivity index (χ0) is 97.9. The number of ether oxygens (including phenoxy) is 3. The van der Waals surface area contributed by atoms with Crippen LogP contribution in [0.15, 0.2) is 89.4 Å². The summed E-state index contributed by atoms with van der Waals surface area (Å²) in [4.78, 5) is 223. The highest BCUT2D eigenvalue weighted by atomic mass is 33.1. The summed E-state index contributed by atoms with van der Waals surface area (Å²) < 4.78 is 17.9. The molecule has 21 N–H and O–H groups in total. The quantitative estimate of drug-likeness (QED) is 0.00506. The summed E-state index contributed by atoms with van der Waals surface area (Å²) >= 11 is 0. The number of carbonyl (C=O) groups excluding carboxylic acids is 9. The number of nitrogens with zero attached hydrogens (tertiary/aromatic N) is 6. The third kappa shape index (κ3) is 21.8. The molecule has 736 valence electrons. The minimum absolute atomic E-state index is 0. The van der Waals surface area contributed by atoms with Gasteiger partial charge in [-0.3, -0.25) is 87.9 Å². The van der Waals surface area contributed by atoms with Gasteiger partial charge in [0.2, 0.25) is 17.8 Å². The van der Waals surface area contributed by atoms with Gasteiger partial charge in [0.25, 0.3) is 17.4 Å². The molecule has 1 unspecified atom stereocenters. The lowest BCUT2D eigenvalue weighted by Gasteiger charge is -2.63. The third-order valence-corrected chi connectivity index (χ3v) is 29.5. The Bertz CT molecular complexity index is 5620. The van der Waals surface area contributed by atoms with Crippen molar-refractivity contribution in [2.24, 2.45) is 34.8 Å². The summed E-state index contributed by atoms with van der Waals surface area (Å²) in [7, 11) is 6.45. The molecule has 16 atom stereocenters. The molecule has 43 nitrogen and oxygen atoms in total. The van der Waals surface area contributed by atoms with Crippen molar-refractivity contribution >= 4 is 144 Å². The molecule has 7 aliphatic rings. The van der Waals surface area contributed by atoms with E-state index in [0.717, 1.165) is 43.9 Å². The van der Waals surface area contributed by atoms with E-state index in [1.807, 2.05) is 50.3 Å². The number of hydrazine groups is 1. The molecule has 2 saturated heterocycles. The van der Waals surface area contributed by atoms with E-state index in [9.17, 15) is 103 Å². The Balaban J connectivity index is 0.00000533. The van der Waals surface area contributed by atoms with Crippen molar-refractivity contribution < 1.29 is 129 Å². The van der Waals surface area contributed by atoms with Crippen molar-refractivity contribution in [1.29, 1.82) is 5.41 Å². The van der Waals surface area contributed by atoms with E-state index >= 15 is 9.59 Å². The van der Waals surface area contributed by atoms with Crippen LogP contribution < -0.4 is 64.1 Å². The Kier molecular flexibility index (Phi) is 32.2. The number of hydrogen-bond acceptors (Lipinski definition) is 32. The first-order chi connectivity index (χ1) is 64.2. The summed E-state index contributed by atoms with van der Waals surface area (Å²) in [5.41, 5.74) is 13.7. The number of nitrogens with two attached hydrogens (primary N) is 2. The van der Waals surface area contributed by atoms with E-state index in [4.69, 9.17) is 31.1 Å². The number of nitrogen functional groups attached to an aromatic ring is 1. The van der Waals surface area contributed by atoms with Gasteiger partial charge in [0.05, 0.1) is 93.4 Å². The second kappa shape index (κ2) is 42.9. The number of carbonyl (C=O) groups is 14. The SMILES string of the molecule is CC[C@]1(O)C[C@H]2CN(CCC3=C(Cc4ccccc43)[C@@](C(=O)OC)(c3cc4c(cc3OC)N(C)[C@H]3[C@@](O)(C(=O)NNC(=O)OCCSSC[C@H](CC(=O)[C@@H](CC(=O)O)NC(=O)[C@@H](CC(=O)O)CC(=O)[C@@H](CCCNC(=N)N)NC(=O)[C@@H](CC(=O)O)CC(=O)CC[C@@H](NC(=O)c5ccc(NCc6cnc7nc(N)[nH]c(=O)c7n6)cc5)C(=O)O)C(=O)O)[C@H](O)[C@]5(CC)C=CCN6CC[C@]43[C@@H]65)C2)C1.[2HH].[2HH].[2HH].[2HH].[2HH]. The molecule has 5 aliphatic heterocycles. The van der Waals surface area contributed by atoms with Crippen LogP contribution in [0.4, 0.5) is 22.1 Å². The van der Waals surface area contributed by atoms with Gasteiger partial charge in [0, 0.05) is 130 Å². The number of amides is 5. The standard InChI is InChI=1S/C90H113N17O26S2.5H2/c1-6-86(129)39-46-40-89(82(127)132-5,57-31-48-12-8-9-13-55(48)56(57)21-26-106(43-46)45-86)59-36-58-63(38-66(59)131-4)105(3)79-88(58)23-27-107-25-11-22-87(7-2,78(88)107)80(125)90(79,130)81(126)103-104-85(128)133-28-29-134-135-44-51(76(121)122)33-65(110)62(37-69(115)116)100-74(119)50(35-68(113)114)32-64(109)60(14-10-24-94-83(91)92)98-73(118)49(34-67(111)112)30-54(108)19-20-61(77(123)124)99-72(117)47-15-17-52(18-16-47)95-41-53-42-96-71-70(97-53)75(120)102-84(93)101-71;;;;;/h8-9,11-13,15-18,22,36,38,42,46,49-51,60-62,78-80,95,125,129-130H,6-7,10,14,19-21,23-35,37,39-41,43-45H2,1-5H3,(H,98,118)(H,99,117)(H,100,119)(H,103,126)(H,104,128)(H,111,112)(H,113,114)(H,115,116)(H,121,122)(H,123,124)(H4,91,92,94)(H3,93,96,101,102,120);5*1H/t46-,49-,50-,51+,60-,61-,62-,78+,79-,80-,86+,87-,88-,89-,90+;;;;;/m1...../s1/i;5*1+1. The van der Waals surface area contributed by atoms with Crippen LogP contribution in [0.3, 0.4) is 0 Å². The maximum absolute atomic E-state index is 15.7. The van der Waals surface area contributed by atoms with Gasteiger partial charge in [-0.2, -0.15) is 4.98 Å². The van der Waals surface area contributed by atoms with Crippen LogP contribution in [0.2, 0.25) is 0 Å². The van der Waals surface area contributed by atoms with E-state index in [1.165, 1.54) is 44.7 Å². The van der Waals surface area contributed by atoms with Gasteiger partial charge in [-0.25, -0.2) is 25.0 Å². The molecule has 5 aromatic rings. The first kappa shape index (κ1) is 101. The Hall–Kier alpha value is -12.7. The fourth-order valence-electron chi connectivity index (χ4n) is 20.9. The molecule has 3 fully saturated rings. The molecule has 3 aromatic carbocycles. The van der Waals surface area contributed by atoms with Crippen molar-refractivity contribution in [3.63, 3.8) is 0 Å². The first-order valence-electron chi connectivity index (χ1n) is 44.3. The van der Waals surface area contributed by atoms with Crippen LogP contribution in [0.5, 0.6) is 5.75 Å². The predicted octanol–water partition coefficient (Wildman–Crippen LogP) is 3.30. The van der Waals surface area contributed by atoms with Gasteiger partial charge < -0.3 is 98.0 Å². The molecular formula is C90H123N17O26S2. The molecule has 45 heteroatoms. The minimum Gasteiger partial charge on any atom is -0.496 e. The highest BCUT2D eigenvalue weighted by Gasteiger charge is 2.79. The number of H-pyrrole nitrogens is 1. The lowest BCUT2D eigenvalue weighted by atomic mass is 9.47. The number of piperidine rings is 1. The zero-order valence-electron chi connectivity index (χ0n) is 75.0. The van der Waals surface area contributed by atoms with Crippen molar-refractivity contribution in [3.05, 3.63) is 128 Å². The highest BCUT2D eigenvalue weighted by molar-refractivity contribution is 8.76. The smallest absolute Gasteiger partial charge is 0.426 e. The summed E-state index contributed by atoms with van der Waals surface area (Å²) in [6.45, 7) is 6.04. The van der Waals surface area contributed by atoms with Gasteiger partial charge >= 0.3 is 41.9 Å². The number of aliphatic hydroxyl groups is 3. The monoisotopic (exact) mass is 1930 g/mol. The van der Waals surface area contributed by atoms with Gasteiger partial charge in [0.15, 0.2) is 34.3 Å². The van der Waals surface area contributed by atoms with E-state index < -0.39 is 234 Å². The topological polar surface area (TPSA) is 670 Å². The maximum atomic E-state index is 15.7. The van der Waals surface area contributed by atoms with Gasteiger partial charge in [-0.15, -0.1) is 0 Å². The van der Waals surface area contributed by atoms with E-state index in [1.54, 1.807) is 11.9 Å². The van der Waals surface area contributed by atoms with Crippen molar-refractivity contribution in [2.45, 2.75) is 188 Å². The number of esters is 1. The predicted molar refractivity (Wildman–Crippen MR) is 499 cm³/mol. The molecule has 1 spiro atoms. The summed E-state index contributed by atoms with van der Waals surface area (Å²) in [6, 6.07) is 10.4. The Morgan fingerprint density at radius 3 is 2.12 bits per heavy atom. The highest BCUT2D eigenvalue weighted by Crippen LogP contribution is 2.68. The maximum Gasteiger partial charge on any atom is 0.426 e. The summed E-state index contributed by atoms with van der Waals surface area (Å²) in [5, 5.41) is 109. The van der Waals surface area contributed by atoms with Crippen LogP contribution >= 0.6 is 21.6 Å². The summed E-state index contributed by atoms with van der Waals surface area (Å²) in [6.07, 6.45) is -3.02. The molecule has 5 amide bonds. The molecule has 1 saturated carbocycles. The van der Waals surface area contributed by atoms with Crippen LogP contribution in [-0.4, -0.2) is 286 Å². The fraction of sp³-hybridized carbons (Fsp3) is 0.522. The average Bonchev–Trinajstić information content (AvgIpc) is 1.47. The molecule has 135 heavy (non-hydrogen) atoms. The second-order valence-corrected chi connectivity index (χ2v) is 38.1. The van der Waals surface area contributed by atoms with E-state index in [0.29, 0.717) is 98.8 Å². The van der Waals surface area contributed by atoms with Crippen molar-refractivity contribution in [3.8, 4) is 5.75 Å². The molecule has 12 rings (SSSR count). The van der Waals surface area contributed by atoms with Gasteiger partial charge in [0.1, 0.15) is 35.7 Å².